The Labute approximate surface area is 178 Å². The molecule has 4 rings (SSSR count). The van der Waals surface area contributed by atoms with Crippen LogP contribution in [0.15, 0.2) is 67.3 Å². The van der Waals surface area contributed by atoms with Crippen molar-refractivity contribution < 1.29 is 23.7 Å². The topological polar surface area (TPSA) is 46.2 Å². The smallest absolute Gasteiger partial charge is 0.190 e. The number of fused-ring (bicyclic) bond motifs is 1. The molecule has 0 bridgehead atoms. The van der Waals surface area contributed by atoms with E-state index in [0.29, 0.717) is 6.61 Å². The molecule has 2 aromatic carbocycles. The van der Waals surface area contributed by atoms with Crippen molar-refractivity contribution in [1.29, 1.82) is 0 Å². The van der Waals surface area contributed by atoms with E-state index in [0.717, 1.165) is 23.3 Å². The zero-order chi connectivity index (χ0) is 21.1. The number of rotatable bonds is 8. The molecular formula is C25H30O5. The van der Waals surface area contributed by atoms with E-state index < -0.39 is 12.1 Å². The molecule has 2 fully saturated rings. The van der Waals surface area contributed by atoms with Crippen LogP contribution in [0.4, 0.5) is 0 Å². The summed E-state index contributed by atoms with van der Waals surface area (Å²) in [7, 11) is 1.67. The van der Waals surface area contributed by atoms with Crippen LogP contribution in [0, 0.1) is 0 Å². The first-order valence-corrected chi connectivity index (χ1v) is 10.4. The summed E-state index contributed by atoms with van der Waals surface area (Å²) in [5, 5.41) is 0. The Bertz CT molecular complexity index is 832. The number of benzene rings is 2. The van der Waals surface area contributed by atoms with Crippen molar-refractivity contribution in [3.05, 3.63) is 78.4 Å². The second-order valence-corrected chi connectivity index (χ2v) is 8.23. The highest BCUT2D eigenvalue weighted by molar-refractivity contribution is 5.31. The van der Waals surface area contributed by atoms with Gasteiger partial charge in [-0.25, -0.2) is 0 Å². The molecule has 160 valence electrons. The van der Waals surface area contributed by atoms with Crippen molar-refractivity contribution in [2.45, 2.75) is 63.2 Å². The lowest BCUT2D eigenvalue weighted by Crippen LogP contribution is -2.39. The van der Waals surface area contributed by atoms with Crippen LogP contribution in [0.2, 0.25) is 0 Å². The summed E-state index contributed by atoms with van der Waals surface area (Å²) in [5.41, 5.74) is 2.26. The van der Waals surface area contributed by atoms with Crippen LogP contribution >= 0.6 is 0 Å². The maximum absolute atomic E-state index is 6.41. The molecule has 2 aromatic rings. The molecule has 2 saturated heterocycles. The summed E-state index contributed by atoms with van der Waals surface area (Å²) >= 11 is 0. The molecule has 2 aliphatic heterocycles. The van der Waals surface area contributed by atoms with E-state index in [2.05, 4.69) is 30.8 Å². The Morgan fingerprint density at radius 3 is 2.47 bits per heavy atom. The third-order valence-electron chi connectivity index (χ3n) is 5.67. The Hall–Kier alpha value is -2.18. The van der Waals surface area contributed by atoms with E-state index in [1.165, 1.54) is 0 Å². The number of hydrogen-bond donors (Lipinski definition) is 0. The number of methoxy groups -OCH3 is 1. The first-order valence-electron chi connectivity index (χ1n) is 10.4. The van der Waals surface area contributed by atoms with Gasteiger partial charge >= 0.3 is 0 Å². The maximum Gasteiger partial charge on any atom is 0.190 e. The lowest BCUT2D eigenvalue weighted by molar-refractivity contribution is -0.221. The zero-order valence-electron chi connectivity index (χ0n) is 17.8. The Kier molecular flexibility index (Phi) is 6.25. The van der Waals surface area contributed by atoms with Crippen molar-refractivity contribution in [2.24, 2.45) is 0 Å². The normalized spacial score (nSPS) is 28.1. The summed E-state index contributed by atoms with van der Waals surface area (Å²) in [6, 6.07) is 18.2. The van der Waals surface area contributed by atoms with Gasteiger partial charge in [0.05, 0.1) is 19.8 Å². The molecule has 0 aromatic heterocycles. The standard InChI is InChI=1S/C25H30O5/c1-5-9-20(18-12-14-19(26-4)15-13-18)21-22(27-16-17-10-7-6-8-11-17)23-24(28-21)30-25(2,3)29-23/h5-8,10-15,20-24H,1,9,16H2,2-4H3/t20-,21+,22-,23+,24+/m0/s1. The van der Waals surface area contributed by atoms with Gasteiger partial charge < -0.3 is 23.7 Å². The summed E-state index contributed by atoms with van der Waals surface area (Å²) in [6.45, 7) is 8.26. The van der Waals surface area contributed by atoms with E-state index in [-0.39, 0.29) is 24.2 Å². The quantitative estimate of drug-likeness (QED) is 0.584. The van der Waals surface area contributed by atoms with Crippen molar-refractivity contribution in [3.8, 4) is 5.75 Å². The molecule has 2 heterocycles. The Morgan fingerprint density at radius 1 is 1.07 bits per heavy atom. The fourth-order valence-electron chi connectivity index (χ4n) is 4.27. The van der Waals surface area contributed by atoms with Crippen molar-refractivity contribution >= 4 is 0 Å². The minimum absolute atomic E-state index is 0.0649. The summed E-state index contributed by atoms with van der Waals surface area (Å²) in [5.74, 6) is 0.198. The number of ether oxygens (including phenoxy) is 5. The Morgan fingerprint density at radius 2 is 1.80 bits per heavy atom. The van der Waals surface area contributed by atoms with Gasteiger partial charge in [0.15, 0.2) is 12.1 Å². The van der Waals surface area contributed by atoms with Gasteiger partial charge in [-0.3, -0.25) is 0 Å². The molecule has 30 heavy (non-hydrogen) atoms. The summed E-state index contributed by atoms with van der Waals surface area (Å²) in [6.07, 6.45) is 1.47. The van der Waals surface area contributed by atoms with Crippen molar-refractivity contribution in [3.63, 3.8) is 0 Å². The second kappa shape index (κ2) is 8.90. The van der Waals surface area contributed by atoms with Gasteiger partial charge in [-0.2, -0.15) is 0 Å². The van der Waals surface area contributed by atoms with Gasteiger partial charge in [-0.05, 0) is 43.5 Å². The van der Waals surface area contributed by atoms with Gasteiger partial charge in [0.1, 0.15) is 18.0 Å². The fraction of sp³-hybridized carbons (Fsp3) is 0.440. The van der Waals surface area contributed by atoms with Gasteiger partial charge in [0.25, 0.3) is 0 Å². The maximum atomic E-state index is 6.41. The highest BCUT2D eigenvalue weighted by Crippen LogP contribution is 2.44. The molecule has 0 N–H and O–H groups in total. The van der Waals surface area contributed by atoms with Crippen LogP contribution < -0.4 is 4.74 Å². The number of hydrogen-bond acceptors (Lipinski definition) is 5. The summed E-state index contributed by atoms with van der Waals surface area (Å²) < 4.78 is 30.3. The molecular weight excluding hydrogens is 380 g/mol. The van der Waals surface area contributed by atoms with E-state index in [1.807, 2.05) is 50.3 Å². The molecule has 0 amide bonds. The molecule has 0 radical (unpaired) electrons. The molecule has 2 aliphatic rings. The summed E-state index contributed by atoms with van der Waals surface area (Å²) in [4.78, 5) is 0. The fourth-order valence-corrected chi connectivity index (χ4v) is 4.27. The first-order chi connectivity index (χ1) is 14.5. The SMILES string of the molecule is C=CC[C@@H](c1ccc(OC)cc1)[C@H]1O[C@@H]2OC(C)(C)O[C@@H]2[C@H]1OCc1ccccc1. The second-order valence-electron chi connectivity index (χ2n) is 8.23. The molecule has 5 nitrogen and oxygen atoms in total. The van der Waals surface area contributed by atoms with Gasteiger partial charge in [-0.1, -0.05) is 48.5 Å². The van der Waals surface area contributed by atoms with E-state index >= 15 is 0 Å². The lowest BCUT2D eigenvalue weighted by Gasteiger charge is -2.31. The molecule has 5 atom stereocenters. The third-order valence-corrected chi connectivity index (χ3v) is 5.67. The molecule has 0 aliphatic carbocycles. The van der Waals surface area contributed by atoms with Gasteiger partial charge in [0, 0.05) is 5.92 Å². The average Bonchev–Trinajstić information content (AvgIpc) is 3.23. The van der Waals surface area contributed by atoms with Crippen molar-refractivity contribution in [1.82, 2.24) is 0 Å². The van der Waals surface area contributed by atoms with Crippen LogP contribution in [0.25, 0.3) is 0 Å². The largest absolute Gasteiger partial charge is 0.497 e. The molecule has 0 spiro atoms. The molecule has 0 unspecified atom stereocenters. The van der Waals surface area contributed by atoms with E-state index in [1.54, 1.807) is 7.11 Å². The predicted octanol–water partition coefficient (Wildman–Crippen LogP) is 4.82. The predicted molar refractivity (Wildman–Crippen MR) is 114 cm³/mol. The van der Waals surface area contributed by atoms with Gasteiger partial charge in [-0.15, -0.1) is 6.58 Å². The van der Waals surface area contributed by atoms with E-state index in [4.69, 9.17) is 23.7 Å². The van der Waals surface area contributed by atoms with Crippen LogP contribution in [0.3, 0.4) is 0 Å². The third kappa shape index (κ3) is 4.44. The minimum atomic E-state index is -0.692. The van der Waals surface area contributed by atoms with Gasteiger partial charge in [0.2, 0.25) is 0 Å². The highest BCUT2D eigenvalue weighted by Gasteiger charge is 2.57. The Balaban J connectivity index is 1.59. The van der Waals surface area contributed by atoms with Crippen molar-refractivity contribution in [2.75, 3.05) is 7.11 Å². The highest BCUT2D eigenvalue weighted by atomic mass is 16.8. The van der Waals surface area contributed by atoms with Crippen LogP contribution in [-0.4, -0.2) is 37.5 Å². The van der Waals surface area contributed by atoms with Crippen LogP contribution in [0.5, 0.6) is 5.75 Å². The molecule has 0 saturated carbocycles. The lowest BCUT2D eigenvalue weighted by atomic mass is 9.87. The number of allylic oxidation sites excluding steroid dienone is 1. The minimum Gasteiger partial charge on any atom is -0.497 e. The monoisotopic (exact) mass is 410 g/mol. The zero-order valence-corrected chi connectivity index (χ0v) is 17.8. The first kappa shape index (κ1) is 21.1. The molecule has 5 heteroatoms. The van der Waals surface area contributed by atoms with E-state index in [9.17, 15) is 0 Å². The average molecular weight is 411 g/mol. The van der Waals surface area contributed by atoms with Crippen LogP contribution in [0.1, 0.15) is 37.3 Å². The van der Waals surface area contributed by atoms with Crippen LogP contribution in [-0.2, 0) is 25.6 Å².